The zero-order chi connectivity index (χ0) is 21.2. The molecule has 29 heavy (non-hydrogen) atoms. The molecule has 1 aromatic rings. The summed E-state index contributed by atoms with van der Waals surface area (Å²) >= 11 is 0. The number of aryl methyl sites for hydroxylation is 1. The van der Waals surface area contributed by atoms with Gasteiger partial charge < -0.3 is 9.53 Å². The zero-order valence-electron chi connectivity index (χ0n) is 19.3. The smallest absolute Gasteiger partial charge is 0.229 e. The lowest BCUT2D eigenvalue weighted by molar-refractivity contribution is -0.0708. The maximum atomic E-state index is 11.3. The summed E-state index contributed by atoms with van der Waals surface area (Å²) in [6.07, 6.45) is 8.49. The van der Waals surface area contributed by atoms with Crippen molar-refractivity contribution in [3.05, 3.63) is 41.5 Å². The van der Waals surface area contributed by atoms with Crippen LogP contribution < -0.4 is 4.43 Å². The van der Waals surface area contributed by atoms with Crippen LogP contribution in [0.4, 0.5) is 0 Å². The van der Waals surface area contributed by atoms with Crippen molar-refractivity contribution in [3.8, 4) is 5.75 Å². The summed E-state index contributed by atoms with van der Waals surface area (Å²) in [5.74, 6) is 3.01. The second-order valence-corrected chi connectivity index (χ2v) is 13.8. The maximum Gasteiger partial charge on any atom is 0.229 e. The van der Waals surface area contributed by atoms with Crippen molar-refractivity contribution in [1.82, 2.24) is 0 Å². The fourth-order valence-corrected chi connectivity index (χ4v) is 7.56. The number of hydrogen-bond acceptors (Lipinski definition) is 2. The molecule has 4 rings (SSSR count). The minimum Gasteiger partial charge on any atom is -0.547 e. The van der Waals surface area contributed by atoms with E-state index in [-0.39, 0.29) is 10.8 Å². The fraction of sp³-hybridized carbons (Fsp3) is 0.692. The summed E-state index contributed by atoms with van der Waals surface area (Å²) in [5.41, 5.74) is 3.88. The molecule has 5 atom stereocenters. The normalized spacial score (nSPS) is 36.3. The first-order valence-electron chi connectivity index (χ1n) is 11.7. The Labute approximate surface area is 179 Å². The van der Waals surface area contributed by atoms with Gasteiger partial charge in [0.1, 0.15) is 5.75 Å². The van der Waals surface area contributed by atoms with Crippen LogP contribution in [-0.2, 0) is 11.8 Å². The molecule has 0 aliphatic heterocycles. The third kappa shape index (κ3) is 3.24. The van der Waals surface area contributed by atoms with E-state index in [1.807, 2.05) is 6.08 Å². The van der Waals surface area contributed by atoms with E-state index < -0.39 is 14.6 Å². The van der Waals surface area contributed by atoms with Gasteiger partial charge >= 0.3 is 0 Å². The standard InChI is InChI=1S/C26H40O2Si/c1-8-26(27)14-12-21-19-10-9-17-15-18(24(2,3)4)16-22(28-29(6)7)23(17)20(19)11-13-25(21,26)5/h8,15-16,19-21,27,29H,1,9-14H2,2-7H3/t19-,20+,21+,25+,26+/m1/s1. The second-order valence-electron chi connectivity index (χ2n) is 11.5. The minimum atomic E-state index is -1.19. The quantitative estimate of drug-likeness (QED) is 0.479. The molecule has 1 N–H and O–H groups in total. The first-order valence-corrected chi connectivity index (χ1v) is 14.5. The van der Waals surface area contributed by atoms with Gasteiger partial charge in [-0.3, -0.25) is 0 Å². The maximum absolute atomic E-state index is 11.3. The van der Waals surface area contributed by atoms with Gasteiger partial charge in [0.15, 0.2) is 0 Å². The molecule has 3 aliphatic carbocycles. The molecule has 2 nitrogen and oxygen atoms in total. The highest BCUT2D eigenvalue weighted by molar-refractivity contribution is 6.49. The molecule has 0 spiro atoms. The average Bonchev–Trinajstić information content (AvgIpc) is 2.92. The number of hydrogen-bond donors (Lipinski definition) is 1. The Bertz CT molecular complexity index is 808. The molecule has 0 radical (unpaired) electrons. The average molecular weight is 413 g/mol. The molecular weight excluding hydrogens is 372 g/mol. The van der Waals surface area contributed by atoms with Gasteiger partial charge in [-0.1, -0.05) is 39.8 Å². The van der Waals surface area contributed by atoms with E-state index in [0.29, 0.717) is 17.8 Å². The Morgan fingerprint density at radius 3 is 2.52 bits per heavy atom. The van der Waals surface area contributed by atoms with E-state index in [4.69, 9.17) is 4.43 Å². The van der Waals surface area contributed by atoms with Crippen LogP contribution in [0.25, 0.3) is 0 Å². The van der Waals surface area contributed by atoms with Gasteiger partial charge in [0.25, 0.3) is 0 Å². The molecule has 160 valence electrons. The number of aliphatic hydroxyl groups is 1. The molecule has 0 heterocycles. The number of rotatable bonds is 3. The minimum absolute atomic E-state index is 0.0212. The third-order valence-electron chi connectivity index (χ3n) is 8.56. The molecule has 0 unspecified atom stereocenters. The predicted molar refractivity (Wildman–Crippen MR) is 124 cm³/mol. The van der Waals surface area contributed by atoms with Gasteiger partial charge in [-0.15, -0.1) is 6.58 Å². The summed E-state index contributed by atoms with van der Waals surface area (Å²) in [5, 5.41) is 11.3. The van der Waals surface area contributed by atoms with Crippen LogP contribution in [-0.4, -0.2) is 19.7 Å². The second kappa shape index (κ2) is 6.98. The molecule has 3 heteroatoms. The van der Waals surface area contributed by atoms with E-state index >= 15 is 0 Å². The monoisotopic (exact) mass is 412 g/mol. The molecule has 0 bridgehead atoms. The van der Waals surface area contributed by atoms with Crippen molar-refractivity contribution in [1.29, 1.82) is 0 Å². The highest BCUT2D eigenvalue weighted by Crippen LogP contribution is 2.65. The Kier molecular flexibility index (Phi) is 5.10. The van der Waals surface area contributed by atoms with Crippen LogP contribution >= 0.6 is 0 Å². The summed E-state index contributed by atoms with van der Waals surface area (Å²) in [7, 11) is -1.19. The SMILES string of the molecule is C=C[C@]1(O)CC[C@H]2[C@@H]3CCc4cc(C(C)(C)C)cc(O[SiH](C)C)c4[C@H]3CC[C@@]21C. The van der Waals surface area contributed by atoms with Crippen LogP contribution in [0.2, 0.25) is 13.1 Å². The van der Waals surface area contributed by atoms with Crippen LogP contribution in [0.5, 0.6) is 5.75 Å². The topological polar surface area (TPSA) is 29.5 Å². The van der Waals surface area contributed by atoms with Crippen LogP contribution in [0.3, 0.4) is 0 Å². The Hall–Kier alpha value is -1.06. The number of fused-ring (bicyclic) bond motifs is 5. The van der Waals surface area contributed by atoms with Gasteiger partial charge in [-0.05, 0) is 97.5 Å². The van der Waals surface area contributed by atoms with Crippen molar-refractivity contribution >= 4 is 9.04 Å². The van der Waals surface area contributed by atoms with Crippen molar-refractivity contribution in [2.75, 3.05) is 0 Å². The van der Waals surface area contributed by atoms with E-state index in [0.717, 1.165) is 32.1 Å². The third-order valence-corrected chi connectivity index (χ3v) is 9.29. The van der Waals surface area contributed by atoms with Crippen molar-refractivity contribution in [2.24, 2.45) is 17.3 Å². The highest BCUT2D eigenvalue weighted by Gasteiger charge is 2.60. The largest absolute Gasteiger partial charge is 0.547 e. The van der Waals surface area contributed by atoms with Crippen LogP contribution in [0, 0.1) is 17.3 Å². The zero-order valence-corrected chi connectivity index (χ0v) is 20.5. The van der Waals surface area contributed by atoms with E-state index in [2.05, 4.69) is 59.5 Å². The van der Waals surface area contributed by atoms with Crippen molar-refractivity contribution in [2.45, 2.75) is 96.2 Å². The van der Waals surface area contributed by atoms with E-state index in [1.165, 1.54) is 28.9 Å². The lowest BCUT2D eigenvalue weighted by Gasteiger charge is -2.53. The van der Waals surface area contributed by atoms with Crippen molar-refractivity contribution < 1.29 is 9.53 Å². The van der Waals surface area contributed by atoms with Crippen molar-refractivity contribution in [3.63, 3.8) is 0 Å². The molecule has 3 aliphatic rings. The molecule has 1 aromatic carbocycles. The van der Waals surface area contributed by atoms with E-state index in [1.54, 1.807) is 0 Å². The first kappa shape index (κ1) is 21.2. The molecule has 0 amide bonds. The Morgan fingerprint density at radius 1 is 1.17 bits per heavy atom. The lowest BCUT2D eigenvalue weighted by Crippen LogP contribution is -2.49. The first-order chi connectivity index (χ1) is 13.5. The lowest BCUT2D eigenvalue weighted by atomic mass is 9.53. The summed E-state index contributed by atoms with van der Waals surface area (Å²) in [6, 6.07) is 4.83. The summed E-state index contributed by atoms with van der Waals surface area (Å²) in [6.45, 7) is 17.8. The van der Waals surface area contributed by atoms with E-state index in [9.17, 15) is 5.11 Å². The summed E-state index contributed by atoms with van der Waals surface area (Å²) in [4.78, 5) is 0. The Balaban J connectivity index is 1.77. The van der Waals surface area contributed by atoms with Gasteiger partial charge in [0.05, 0.1) is 5.60 Å². The molecule has 2 fully saturated rings. The predicted octanol–water partition coefficient (Wildman–Crippen LogP) is 6.12. The summed E-state index contributed by atoms with van der Waals surface area (Å²) < 4.78 is 6.57. The van der Waals surface area contributed by atoms with Crippen LogP contribution in [0.15, 0.2) is 24.8 Å². The Morgan fingerprint density at radius 2 is 1.90 bits per heavy atom. The molecule has 2 saturated carbocycles. The van der Waals surface area contributed by atoms with Gasteiger partial charge in [-0.25, -0.2) is 0 Å². The molecule has 0 aromatic heterocycles. The molecule has 0 saturated heterocycles. The van der Waals surface area contributed by atoms with Gasteiger partial charge in [-0.2, -0.15) is 0 Å². The van der Waals surface area contributed by atoms with Gasteiger partial charge in [0, 0.05) is 5.41 Å². The number of benzene rings is 1. The van der Waals surface area contributed by atoms with Gasteiger partial charge in [0.2, 0.25) is 9.04 Å². The molecular formula is C26H40O2Si. The highest BCUT2D eigenvalue weighted by atomic mass is 28.3. The fourth-order valence-electron chi connectivity index (χ4n) is 6.85. The van der Waals surface area contributed by atoms with Crippen LogP contribution in [0.1, 0.15) is 82.4 Å².